The minimum atomic E-state index is -0.199. The zero-order valence-electron chi connectivity index (χ0n) is 16.1. The van der Waals surface area contributed by atoms with Crippen molar-refractivity contribution >= 4 is 12.0 Å². The highest BCUT2D eigenvalue weighted by Crippen LogP contribution is 2.34. The fourth-order valence-electron chi connectivity index (χ4n) is 3.43. The first-order valence-corrected chi connectivity index (χ1v) is 8.90. The van der Waals surface area contributed by atoms with Crippen molar-refractivity contribution in [3.63, 3.8) is 0 Å². The number of hydrogen-bond acceptors (Lipinski definition) is 4. The van der Waals surface area contributed by atoms with Gasteiger partial charge in [-0.3, -0.25) is 9.79 Å². The molecule has 1 aliphatic carbocycles. The maximum atomic E-state index is 11.8. The van der Waals surface area contributed by atoms with Gasteiger partial charge >= 0.3 is 0 Å². The molecule has 4 nitrogen and oxygen atoms in total. The number of allylic oxidation sites excluding steroid dienone is 9. The SMILES string of the molecule is C=C/C(=C1/C(C)=C/C(O)=C(/C(C)=O)C=NCCN1C)C1CC=CC=C1C. The van der Waals surface area contributed by atoms with E-state index in [1.807, 2.05) is 20.0 Å². The van der Waals surface area contributed by atoms with Crippen LogP contribution in [0.5, 0.6) is 0 Å². The highest BCUT2D eigenvalue weighted by Gasteiger charge is 2.22. The van der Waals surface area contributed by atoms with E-state index in [-0.39, 0.29) is 23.0 Å². The van der Waals surface area contributed by atoms with Crippen LogP contribution in [0.3, 0.4) is 0 Å². The van der Waals surface area contributed by atoms with Gasteiger partial charge in [0, 0.05) is 31.4 Å². The van der Waals surface area contributed by atoms with Gasteiger partial charge in [-0.25, -0.2) is 0 Å². The number of aliphatic hydroxyl groups is 1. The summed E-state index contributed by atoms with van der Waals surface area (Å²) in [6.07, 6.45) is 12.3. The van der Waals surface area contributed by atoms with Crippen LogP contribution in [-0.4, -0.2) is 42.1 Å². The van der Waals surface area contributed by atoms with Crippen molar-refractivity contribution in [2.75, 3.05) is 20.1 Å². The summed E-state index contributed by atoms with van der Waals surface area (Å²) in [5, 5.41) is 10.5. The predicted octanol–water partition coefficient (Wildman–Crippen LogP) is 4.31. The summed E-state index contributed by atoms with van der Waals surface area (Å²) in [5.74, 6) is 0.00352. The second kappa shape index (κ2) is 8.65. The number of likely N-dealkylation sites (N-methyl/N-ethyl adjacent to an activating group) is 1. The number of rotatable bonds is 3. The topological polar surface area (TPSA) is 52.9 Å². The van der Waals surface area contributed by atoms with Crippen molar-refractivity contribution in [3.8, 4) is 0 Å². The lowest BCUT2D eigenvalue weighted by Gasteiger charge is -2.30. The molecule has 2 aliphatic rings. The van der Waals surface area contributed by atoms with Gasteiger partial charge in [-0.15, -0.1) is 0 Å². The first-order chi connectivity index (χ1) is 12.4. The lowest BCUT2D eigenvalue weighted by atomic mass is 9.83. The lowest BCUT2D eigenvalue weighted by molar-refractivity contribution is -0.113. The minimum Gasteiger partial charge on any atom is -0.507 e. The first kappa shape index (κ1) is 19.7. The maximum Gasteiger partial charge on any atom is 0.165 e. The summed E-state index contributed by atoms with van der Waals surface area (Å²) in [5.41, 5.74) is 4.58. The van der Waals surface area contributed by atoms with Crippen molar-refractivity contribution in [1.29, 1.82) is 0 Å². The molecule has 0 bridgehead atoms. The Kier molecular flexibility index (Phi) is 6.56. The van der Waals surface area contributed by atoms with Crippen LogP contribution in [0.4, 0.5) is 0 Å². The Bertz CT molecular complexity index is 776. The Morgan fingerprint density at radius 2 is 2.15 bits per heavy atom. The Labute approximate surface area is 156 Å². The zero-order valence-corrected chi connectivity index (χ0v) is 16.1. The largest absolute Gasteiger partial charge is 0.507 e. The number of hydrogen-bond donors (Lipinski definition) is 1. The van der Waals surface area contributed by atoms with E-state index in [4.69, 9.17) is 0 Å². The van der Waals surface area contributed by atoms with Crippen molar-refractivity contribution in [1.82, 2.24) is 4.90 Å². The van der Waals surface area contributed by atoms with Crippen LogP contribution in [0.1, 0.15) is 27.2 Å². The second-order valence-corrected chi connectivity index (χ2v) is 6.77. The molecule has 0 saturated carbocycles. The van der Waals surface area contributed by atoms with E-state index in [0.29, 0.717) is 13.1 Å². The van der Waals surface area contributed by atoms with E-state index in [2.05, 4.69) is 41.6 Å². The van der Waals surface area contributed by atoms with Crippen LogP contribution >= 0.6 is 0 Å². The Hall–Kier alpha value is -2.62. The van der Waals surface area contributed by atoms with Gasteiger partial charge in [0.05, 0.1) is 12.1 Å². The quantitative estimate of drug-likeness (QED) is 0.823. The van der Waals surface area contributed by atoms with Crippen LogP contribution in [0.15, 0.2) is 75.7 Å². The molecule has 1 heterocycles. The van der Waals surface area contributed by atoms with Crippen molar-refractivity contribution in [2.45, 2.75) is 27.2 Å². The number of carbonyl (C=O) groups excluding carboxylic acids is 1. The molecule has 1 atom stereocenters. The van der Waals surface area contributed by atoms with E-state index in [1.165, 1.54) is 18.7 Å². The summed E-state index contributed by atoms with van der Waals surface area (Å²) in [6.45, 7) is 10.8. The van der Waals surface area contributed by atoms with Crippen LogP contribution in [0.2, 0.25) is 0 Å². The molecule has 2 rings (SSSR count). The first-order valence-electron chi connectivity index (χ1n) is 8.90. The van der Waals surface area contributed by atoms with E-state index >= 15 is 0 Å². The molecule has 0 spiro atoms. The Morgan fingerprint density at radius 1 is 1.42 bits per heavy atom. The van der Waals surface area contributed by atoms with Crippen molar-refractivity contribution in [2.24, 2.45) is 10.9 Å². The molecule has 0 saturated heterocycles. The molecule has 0 amide bonds. The fourth-order valence-corrected chi connectivity index (χ4v) is 3.43. The third-order valence-electron chi connectivity index (χ3n) is 4.83. The summed E-state index contributed by atoms with van der Waals surface area (Å²) in [6, 6.07) is 0. The average Bonchev–Trinajstić information content (AvgIpc) is 2.58. The van der Waals surface area contributed by atoms with Gasteiger partial charge < -0.3 is 10.0 Å². The normalized spacial score (nSPS) is 28.2. The van der Waals surface area contributed by atoms with Crippen LogP contribution < -0.4 is 0 Å². The number of aliphatic imine (C=N–C) groups is 1. The molecule has 0 aromatic rings. The zero-order chi connectivity index (χ0) is 19.3. The molecule has 1 N–H and O–H groups in total. The third kappa shape index (κ3) is 4.31. The van der Waals surface area contributed by atoms with Crippen LogP contribution in [0, 0.1) is 5.92 Å². The van der Waals surface area contributed by atoms with Gasteiger partial charge in [0.15, 0.2) is 5.78 Å². The summed E-state index contributed by atoms with van der Waals surface area (Å²) >= 11 is 0. The van der Waals surface area contributed by atoms with Gasteiger partial charge in [-0.1, -0.05) is 36.5 Å². The monoisotopic (exact) mass is 352 g/mol. The van der Waals surface area contributed by atoms with Gasteiger partial charge in [-0.05, 0) is 44.4 Å². The molecule has 0 aromatic carbocycles. The second-order valence-electron chi connectivity index (χ2n) is 6.77. The Morgan fingerprint density at radius 3 is 2.77 bits per heavy atom. The predicted molar refractivity (Wildman–Crippen MR) is 108 cm³/mol. The average molecular weight is 352 g/mol. The molecule has 1 aliphatic heterocycles. The molecule has 1 unspecified atom stereocenters. The molecule has 4 heteroatoms. The lowest BCUT2D eigenvalue weighted by Crippen LogP contribution is -2.26. The highest BCUT2D eigenvalue weighted by molar-refractivity contribution is 6.12. The number of carbonyl (C=O) groups is 1. The summed E-state index contributed by atoms with van der Waals surface area (Å²) in [4.78, 5) is 18.3. The van der Waals surface area contributed by atoms with Gasteiger partial charge in [-0.2, -0.15) is 0 Å². The Balaban J connectivity index is 2.65. The van der Waals surface area contributed by atoms with Crippen molar-refractivity contribution < 1.29 is 9.90 Å². The smallest absolute Gasteiger partial charge is 0.165 e. The van der Waals surface area contributed by atoms with Crippen molar-refractivity contribution in [3.05, 3.63) is 70.7 Å². The van der Waals surface area contributed by atoms with E-state index in [1.54, 1.807) is 6.08 Å². The van der Waals surface area contributed by atoms with E-state index in [0.717, 1.165) is 23.3 Å². The number of Topliss-reactive ketones (excluding diaryl/α,β-unsaturated/α-hetero) is 1. The summed E-state index contributed by atoms with van der Waals surface area (Å²) < 4.78 is 0. The van der Waals surface area contributed by atoms with Crippen LogP contribution in [0.25, 0.3) is 0 Å². The molecule has 0 aromatic heterocycles. The molecule has 0 fully saturated rings. The number of nitrogens with zero attached hydrogens (tertiary/aromatic N) is 2. The molecular weight excluding hydrogens is 324 g/mol. The van der Waals surface area contributed by atoms with Gasteiger partial charge in [0.1, 0.15) is 5.76 Å². The fraction of sp³-hybridized carbons (Fsp3) is 0.364. The molecule has 138 valence electrons. The molecule has 0 radical (unpaired) electrons. The highest BCUT2D eigenvalue weighted by atomic mass is 16.3. The standard InChI is InChI=1S/C22H28N2O2/c1-6-18(19-10-8-7-9-15(19)2)22-16(3)13-21(26)20(17(4)25)14-23-11-12-24(22)5/h6-9,13-14,19,26H,1,10-12H2,2-5H3/b16-13+,21-20-,22-18+,23-14?. The number of aliphatic hydroxyl groups excluding tert-OH is 1. The minimum absolute atomic E-state index is 0.0502. The van der Waals surface area contributed by atoms with E-state index < -0.39 is 0 Å². The van der Waals surface area contributed by atoms with Crippen LogP contribution in [-0.2, 0) is 4.79 Å². The maximum absolute atomic E-state index is 11.8. The third-order valence-corrected chi connectivity index (χ3v) is 4.83. The van der Waals surface area contributed by atoms with Gasteiger partial charge in [0.25, 0.3) is 0 Å². The number of ketones is 1. The van der Waals surface area contributed by atoms with Gasteiger partial charge in [0.2, 0.25) is 0 Å². The molecule has 26 heavy (non-hydrogen) atoms. The molecular formula is C22H28N2O2. The summed E-state index contributed by atoms with van der Waals surface area (Å²) in [7, 11) is 2.03. The van der Waals surface area contributed by atoms with E-state index in [9.17, 15) is 9.90 Å².